The Morgan fingerprint density at radius 3 is 2.32 bits per heavy atom. The Kier molecular flexibility index (Phi) is 6.60. The second-order valence-corrected chi connectivity index (χ2v) is 7.78. The van der Waals surface area contributed by atoms with Crippen LogP contribution in [0.3, 0.4) is 0 Å². The van der Waals surface area contributed by atoms with Crippen LogP contribution in [-0.4, -0.2) is 58.2 Å². The minimum Gasteiger partial charge on any atom is -0.479 e. The average molecular weight is 464 g/mol. The number of aliphatic carboxylic acids is 1. The van der Waals surface area contributed by atoms with Crippen LogP contribution in [-0.2, 0) is 28.0 Å². The minimum absolute atomic E-state index is 0.0129. The summed E-state index contributed by atoms with van der Waals surface area (Å²) in [5, 5.41) is 16.2. The highest BCUT2D eigenvalue weighted by atomic mass is 16.7. The Morgan fingerprint density at radius 2 is 1.71 bits per heavy atom. The van der Waals surface area contributed by atoms with Gasteiger partial charge in [-0.2, -0.15) is 5.10 Å². The molecule has 10 nitrogen and oxygen atoms in total. The molecule has 0 fully saturated rings. The Labute approximate surface area is 195 Å². The number of benzene rings is 2. The number of hydrogen-bond donors (Lipinski definition) is 2. The number of nitrogens with zero attached hydrogens (tertiary/aromatic N) is 3. The summed E-state index contributed by atoms with van der Waals surface area (Å²) in [6.07, 6.45) is 0.703. The van der Waals surface area contributed by atoms with E-state index in [1.165, 1.54) is 17.9 Å². The van der Waals surface area contributed by atoms with Gasteiger partial charge in [0.2, 0.25) is 0 Å². The number of fused-ring (bicyclic) bond motifs is 3. The Bertz CT molecular complexity index is 1190. The van der Waals surface area contributed by atoms with E-state index in [0.29, 0.717) is 5.69 Å². The zero-order valence-electron chi connectivity index (χ0n) is 18.7. The van der Waals surface area contributed by atoms with E-state index in [1.54, 1.807) is 7.05 Å². The number of carboxylic acids is 1. The van der Waals surface area contributed by atoms with Crippen molar-refractivity contribution in [3.63, 3.8) is 0 Å². The molecule has 0 radical (unpaired) electrons. The largest absolute Gasteiger partial charge is 0.479 e. The van der Waals surface area contributed by atoms with E-state index in [0.717, 1.165) is 27.3 Å². The summed E-state index contributed by atoms with van der Waals surface area (Å²) < 4.78 is 6.97. The summed E-state index contributed by atoms with van der Waals surface area (Å²) in [5.74, 6) is -1.85. The quantitative estimate of drug-likeness (QED) is 0.491. The summed E-state index contributed by atoms with van der Waals surface area (Å²) in [4.78, 5) is 40.6. The van der Waals surface area contributed by atoms with Crippen molar-refractivity contribution in [1.82, 2.24) is 20.2 Å². The molecule has 1 aromatic heterocycles. The summed E-state index contributed by atoms with van der Waals surface area (Å²) in [6, 6.07) is 16.1. The highest BCUT2D eigenvalue weighted by molar-refractivity contribution is 5.94. The fourth-order valence-electron chi connectivity index (χ4n) is 4.04. The molecule has 176 valence electrons. The number of hydroxylamine groups is 2. The van der Waals surface area contributed by atoms with Crippen LogP contribution in [0.25, 0.3) is 11.1 Å². The van der Waals surface area contributed by atoms with Gasteiger partial charge in [0.05, 0.1) is 24.0 Å². The molecule has 34 heavy (non-hydrogen) atoms. The summed E-state index contributed by atoms with van der Waals surface area (Å²) in [6.45, 7) is -0.500. The zero-order chi connectivity index (χ0) is 24.2. The molecule has 3 aromatic rings. The first-order valence-corrected chi connectivity index (χ1v) is 10.6. The Morgan fingerprint density at radius 1 is 1.09 bits per heavy atom. The first kappa shape index (κ1) is 23.0. The normalized spacial score (nSPS) is 12.1. The summed E-state index contributed by atoms with van der Waals surface area (Å²) >= 11 is 0. The smallest absolute Gasteiger partial charge is 0.407 e. The van der Waals surface area contributed by atoms with Gasteiger partial charge >= 0.3 is 12.1 Å². The summed E-state index contributed by atoms with van der Waals surface area (Å²) in [7, 11) is 2.94. The van der Waals surface area contributed by atoms with E-state index in [2.05, 4.69) is 22.5 Å². The standard InChI is InChI=1S/C24H24N4O6/c1-27-21(19(11-26-27)23(31)28(2)34-14-22(29)30)12-25-24(32)33-13-20-17-9-5-3-7-15(17)16-8-4-6-10-18(16)20/h3-11,20H,12-14H2,1-2H3,(H,25,32)(H,29,30). The molecule has 4 rings (SSSR count). The van der Waals surface area contributed by atoms with Crippen LogP contribution in [0, 0.1) is 0 Å². The number of nitrogens with one attached hydrogen (secondary N) is 1. The first-order chi connectivity index (χ1) is 16.4. The molecule has 1 aliphatic carbocycles. The number of alkyl carbamates (subject to hydrolysis) is 1. The van der Waals surface area contributed by atoms with Crippen LogP contribution >= 0.6 is 0 Å². The molecule has 1 aliphatic rings. The maximum absolute atomic E-state index is 12.6. The third kappa shape index (κ3) is 4.62. The van der Waals surface area contributed by atoms with Crippen molar-refractivity contribution in [3.05, 3.63) is 77.1 Å². The Balaban J connectivity index is 1.38. The number of ether oxygens (including phenoxy) is 1. The minimum atomic E-state index is -1.21. The van der Waals surface area contributed by atoms with Gasteiger partial charge in [-0.05, 0) is 22.3 Å². The van der Waals surface area contributed by atoms with Gasteiger partial charge in [0.1, 0.15) is 6.61 Å². The maximum atomic E-state index is 12.6. The van der Waals surface area contributed by atoms with Crippen LogP contribution in [0.5, 0.6) is 0 Å². The van der Waals surface area contributed by atoms with Crippen molar-refractivity contribution < 1.29 is 29.1 Å². The summed E-state index contributed by atoms with van der Waals surface area (Å²) in [5.41, 5.74) is 5.10. The van der Waals surface area contributed by atoms with Gasteiger partial charge in [-0.1, -0.05) is 48.5 Å². The SMILES string of the molecule is CN(OCC(=O)O)C(=O)c1cnn(C)c1CNC(=O)OCC1c2ccccc2-c2ccccc21. The molecule has 0 spiro atoms. The molecule has 0 atom stereocenters. The van der Waals surface area contributed by atoms with E-state index in [-0.39, 0.29) is 24.6 Å². The number of aryl methyl sites for hydroxylation is 1. The molecular formula is C24H24N4O6. The van der Waals surface area contributed by atoms with E-state index < -0.39 is 24.6 Å². The molecule has 2 aromatic carbocycles. The van der Waals surface area contributed by atoms with Crippen molar-refractivity contribution >= 4 is 18.0 Å². The number of rotatable bonds is 8. The van der Waals surface area contributed by atoms with E-state index in [1.807, 2.05) is 36.4 Å². The molecule has 2 amide bonds. The first-order valence-electron chi connectivity index (χ1n) is 10.6. The van der Waals surface area contributed by atoms with Gasteiger partial charge in [-0.3, -0.25) is 14.3 Å². The maximum Gasteiger partial charge on any atom is 0.407 e. The highest BCUT2D eigenvalue weighted by Gasteiger charge is 2.29. The molecule has 1 heterocycles. The monoisotopic (exact) mass is 464 g/mol. The topological polar surface area (TPSA) is 123 Å². The molecule has 0 bridgehead atoms. The lowest BCUT2D eigenvalue weighted by molar-refractivity contribution is -0.159. The van der Waals surface area contributed by atoms with Crippen LogP contribution in [0.15, 0.2) is 54.7 Å². The molecule has 2 N–H and O–H groups in total. The number of carbonyl (C=O) groups is 3. The van der Waals surface area contributed by atoms with Gasteiger partial charge in [0.25, 0.3) is 5.91 Å². The van der Waals surface area contributed by atoms with Gasteiger partial charge in [-0.25, -0.2) is 14.7 Å². The van der Waals surface area contributed by atoms with Crippen LogP contribution in [0.4, 0.5) is 4.79 Å². The van der Waals surface area contributed by atoms with Crippen LogP contribution in [0.2, 0.25) is 0 Å². The molecule has 10 heteroatoms. The third-order valence-corrected chi connectivity index (χ3v) is 5.70. The van der Waals surface area contributed by atoms with Gasteiger partial charge in [-0.15, -0.1) is 0 Å². The number of carbonyl (C=O) groups excluding carboxylic acids is 2. The van der Waals surface area contributed by atoms with Gasteiger partial charge < -0.3 is 15.2 Å². The molecule has 0 saturated carbocycles. The van der Waals surface area contributed by atoms with Crippen LogP contribution < -0.4 is 5.32 Å². The van der Waals surface area contributed by atoms with Crippen molar-refractivity contribution in [2.24, 2.45) is 7.05 Å². The fourth-order valence-corrected chi connectivity index (χ4v) is 4.04. The molecular weight excluding hydrogens is 440 g/mol. The number of carboxylic acid groups (broad SMARTS) is 1. The number of amides is 2. The number of hydrogen-bond acceptors (Lipinski definition) is 6. The van der Waals surface area contributed by atoms with Crippen LogP contribution in [0.1, 0.15) is 33.1 Å². The average Bonchev–Trinajstić information content (AvgIpc) is 3.36. The highest BCUT2D eigenvalue weighted by Crippen LogP contribution is 2.44. The second kappa shape index (κ2) is 9.75. The predicted molar refractivity (Wildman–Crippen MR) is 121 cm³/mol. The zero-order valence-corrected chi connectivity index (χ0v) is 18.7. The molecule has 0 aliphatic heterocycles. The molecule has 0 saturated heterocycles. The van der Waals surface area contributed by atoms with Gasteiger partial charge in [0, 0.05) is 20.0 Å². The van der Waals surface area contributed by atoms with Crippen molar-refractivity contribution in [1.29, 1.82) is 0 Å². The third-order valence-electron chi connectivity index (χ3n) is 5.70. The fraction of sp³-hybridized carbons (Fsp3) is 0.250. The lowest BCUT2D eigenvalue weighted by Gasteiger charge is -2.16. The second-order valence-electron chi connectivity index (χ2n) is 7.78. The van der Waals surface area contributed by atoms with Crippen molar-refractivity contribution in [2.75, 3.05) is 20.3 Å². The van der Waals surface area contributed by atoms with E-state index in [9.17, 15) is 14.4 Å². The van der Waals surface area contributed by atoms with E-state index in [4.69, 9.17) is 14.7 Å². The van der Waals surface area contributed by atoms with Gasteiger partial charge in [0.15, 0.2) is 6.61 Å². The number of aromatic nitrogens is 2. The molecule has 0 unspecified atom stereocenters. The lowest BCUT2D eigenvalue weighted by atomic mass is 9.98. The Hall–Kier alpha value is -4.18. The predicted octanol–water partition coefficient (Wildman–Crippen LogP) is 2.55. The van der Waals surface area contributed by atoms with E-state index >= 15 is 0 Å². The van der Waals surface area contributed by atoms with Crippen molar-refractivity contribution in [2.45, 2.75) is 12.5 Å². The lowest BCUT2D eigenvalue weighted by Crippen LogP contribution is -2.31. The van der Waals surface area contributed by atoms with Crippen molar-refractivity contribution in [3.8, 4) is 11.1 Å².